The number of ether oxygens (including phenoxy) is 2. The summed E-state index contributed by atoms with van der Waals surface area (Å²) < 4.78 is 41.9. The third kappa shape index (κ3) is 9.33. The Morgan fingerprint density at radius 1 is 0.955 bits per heavy atom. The van der Waals surface area contributed by atoms with E-state index < -0.39 is 25.7 Å². The minimum Gasteiger partial charge on any atom is -0.478 e. The Morgan fingerprint density at radius 2 is 1.71 bits per heavy atom. The normalized spacial score (nSPS) is 20.9. The number of aromatic amines is 1. The predicted octanol–water partition coefficient (Wildman–Crippen LogP) is 10.4. The first-order valence-corrected chi connectivity index (χ1v) is 25.1. The fourth-order valence-corrected chi connectivity index (χ4v) is 12.1. The van der Waals surface area contributed by atoms with Gasteiger partial charge in [-0.05, 0) is 127 Å². The van der Waals surface area contributed by atoms with E-state index in [1.807, 2.05) is 12.1 Å². The number of amides is 1. The quantitative estimate of drug-likeness (QED) is 0.0715. The van der Waals surface area contributed by atoms with Gasteiger partial charge in [-0.15, -0.1) is 0 Å². The molecule has 4 aliphatic rings. The highest BCUT2D eigenvalue weighted by Gasteiger charge is 2.49. The first kappa shape index (κ1) is 45.5. The van der Waals surface area contributed by atoms with Gasteiger partial charge in [-0.2, -0.15) is 4.98 Å². The molecule has 2 saturated carbocycles. The van der Waals surface area contributed by atoms with Gasteiger partial charge in [0, 0.05) is 68.2 Å². The number of H-pyrrole nitrogens is 1. The molecule has 350 valence electrons. The topological polar surface area (TPSA) is 172 Å². The van der Waals surface area contributed by atoms with Gasteiger partial charge in [0.15, 0.2) is 5.75 Å². The van der Waals surface area contributed by atoms with E-state index in [0.717, 1.165) is 81.8 Å². The van der Waals surface area contributed by atoms with Gasteiger partial charge < -0.3 is 24.7 Å². The summed E-state index contributed by atoms with van der Waals surface area (Å²) in [5.41, 5.74) is 4.77. The molecule has 2 aliphatic heterocycles. The summed E-state index contributed by atoms with van der Waals surface area (Å²) in [6.07, 6.45) is 11.7. The fourth-order valence-electron chi connectivity index (χ4n) is 11.1. The summed E-state index contributed by atoms with van der Waals surface area (Å²) in [7, 11) is -3.10. The number of pyridine rings is 1. The average molecular weight is 918 g/mol. The van der Waals surface area contributed by atoms with E-state index in [1.54, 1.807) is 24.4 Å². The van der Waals surface area contributed by atoms with Crippen molar-refractivity contribution in [3.05, 3.63) is 106 Å². The molecule has 1 spiro atoms. The van der Waals surface area contributed by atoms with Crippen molar-refractivity contribution >= 4 is 44.0 Å². The SMILES string of the molecule is COc1nc2[nH]ccc2cc1Oc1cc(N2CCC3(CC2)CN([C@@H]2CCC[C@@H]2c2ccccc2C(C)C)C3)ccc1C(=O)NS(=O)(=O)c1ccc(NCC2CCC(C)(C)CC2)c([N+](=O)[O-])c1. The molecule has 2 atom stereocenters. The van der Waals surface area contributed by atoms with Crippen molar-refractivity contribution in [2.45, 2.75) is 108 Å². The van der Waals surface area contributed by atoms with Crippen LogP contribution in [0.3, 0.4) is 0 Å². The smallest absolute Gasteiger partial charge is 0.293 e. The summed E-state index contributed by atoms with van der Waals surface area (Å²) in [6.45, 7) is 13.5. The molecular formula is C51H63N7O7S. The molecular weight excluding hydrogens is 855 g/mol. The second-order valence-corrected chi connectivity index (χ2v) is 22.0. The zero-order valence-corrected chi connectivity index (χ0v) is 39.6. The van der Waals surface area contributed by atoms with Crippen LogP contribution in [-0.2, 0) is 10.0 Å². The zero-order chi connectivity index (χ0) is 46.4. The summed E-state index contributed by atoms with van der Waals surface area (Å²) >= 11 is 0. The van der Waals surface area contributed by atoms with Gasteiger partial charge in [0.2, 0.25) is 0 Å². The number of carbonyl (C=O) groups excluding carboxylic acids is 1. The third-order valence-electron chi connectivity index (χ3n) is 15.1. The molecule has 14 nitrogen and oxygen atoms in total. The van der Waals surface area contributed by atoms with Gasteiger partial charge in [0.25, 0.3) is 27.5 Å². The van der Waals surface area contributed by atoms with Gasteiger partial charge in [-0.3, -0.25) is 19.8 Å². The number of hydrogen-bond donors (Lipinski definition) is 3. The Hall–Kier alpha value is -5.67. The maximum atomic E-state index is 14.1. The summed E-state index contributed by atoms with van der Waals surface area (Å²) in [4.78, 5) is 38.0. The lowest BCUT2D eigenvalue weighted by Crippen LogP contribution is -2.63. The van der Waals surface area contributed by atoms with Gasteiger partial charge >= 0.3 is 0 Å². The molecule has 0 bridgehead atoms. The number of methoxy groups -OCH3 is 1. The van der Waals surface area contributed by atoms with Crippen molar-refractivity contribution in [1.29, 1.82) is 0 Å². The lowest BCUT2D eigenvalue weighted by atomic mass is 9.70. The number of likely N-dealkylation sites (tertiary alicyclic amines) is 1. The maximum absolute atomic E-state index is 14.1. The first-order valence-electron chi connectivity index (χ1n) is 23.6. The highest BCUT2D eigenvalue weighted by atomic mass is 32.2. The van der Waals surface area contributed by atoms with Crippen molar-refractivity contribution in [2.75, 3.05) is 50.1 Å². The molecule has 2 aliphatic carbocycles. The molecule has 2 aromatic heterocycles. The monoisotopic (exact) mass is 917 g/mol. The number of rotatable bonds is 14. The molecule has 4 fully saturated rings. The largest absolute Gasteiger partial charge is 0.478 e. The molecule has 1 amide bonds. The Kier molecular flexibility index (Phi) is 12.5. The van der Waals surface area contributed by atoms with Crippen LogP contribution < -0.4 is 24.4 Å². The minimum atomic E-state index is -4.57. The Balaban J connectivity index is 0.918. The van der Waals surface area contributed by atoms with Crippen molar-refractivity contribution in [3.8, 4) is 17.4 Å². The molecule has 0 radical (unpaired) electrons. The predicted molar refractivity (Wildman–Crippen MR) is 258 cm³/mol. The van der Waals surface area contributed by atoms with Crippen LogP contribution in [0.2, 0.25) is 0 Å². The molecule has 2 saturated heterocycles. The van der Waals surface area contributed by atoms with Crippen LogP contribution in [0.25, 0.3) is 11.0 Å². The standard InChI is InChI=1S/C51H63N7O7S/c1-33(2)38-9-6-7-10-39(38)40-11-8-12-43(40)57-31-51(32-57)22-25-56(26-23-51)36-13-15-41(45(28-36)65-46-27-35-19-24-52-47(35)54-49(46)64-5)48(59)55-66(62,63)37-14-16-42(44(29-37)58(60)61)53-30-34-17-20-50(3,4)21-18-34/h6-7,9-10,13-16,19,24,27-29,33-34,40,43,53H,8,11-12,17-18,20-23,25-26,30-32H2,1-5H3,(H,52,54)(H,55,59)/t40-,43-/m1/s1. The number of hydrogen-bond acceptors (Lipinski definition) is 11. The number of sulfonamides is 1. The second-order valence-electron chi connectivity index (χ2n) is 20.3. The Bertz CT molecular complexity index is 2710. The van der Waals surface area contributed by atoms with Crippen molar-refractivity contribution in [1.82, 2.24) is 19.6 Å². The van der Waals surface area contributed by atoms with Crippen LogP contribution in [-0.4, -0.2) is 80.0 Å². The zero-order valence-electron chi connectivity index (χ0n) is 38.8. The average Bonchev–Trinajstić information content (AvgIpc) is 3.97. The number of piperidine rings is 1. The van der Waals surface area contributed by atoms with Gasteiger partial charge in [-0.1, -0.05) is 58.4 Å². The van der Waals surface area contributed by atoms with Gasteiger partial charge in [-0.25, -0.2) is 13.1 Å². The van der Waals surface area contributed by atoms with Gasteiger partial charge in [0.1, 0.15) is 17.1 Å². The van der Waals surface area contributed by atoms with Crippen LogP contribution in [0.1, 0.15) is 119 Å². The minimum absolute atomic E-state index is 0.0461. The Labute approximate surface area is 388 Å². The molecule has 4 heterocycles. The van der Waals surface area contributed by atoms with Crippen molar-refractivity contribution in [2.24, 2.45) is 16.7 Å². The molecule has 3 N–H and O–H groups in total. The van der Waals surface area contributed by atoms with Crippen molar-refractivity contribution in [3.63, 3.8) is 0 Å². The number of nitrogens with one attached hydrogen (secondary N) is 3. The number of anilines is 2. The summed E-state index contributed by atoms with van der Waals surface area (Å²) in [6, 6.07) is 22.0. The van der Waals surface area contributed by atoms with Crippen LogP contribution in [0, 0.1) is 26.9 Å². The van der Waals surface area contributed by atoms with E-state index >= 15 is 0 Å². The number of carbonyl (C=O) groups is 1. The molecule has 5 aromatic rings. The van der Waals surface area contributed by atoms with Crippen LogP contribution in [0.4, 0.5) is 17.1 Å². The van der Waals surface area contributed by atoms with Crippen LogP contribution in [0.15, 0.2) is 83.9 Å². The number of nitro benzene ring substituents is 1. The van der Waals surface area contributed by atoms with E-state index in [1.165, 1.54) is 49.6 Å². The molecule has 66 heavy (non-hydrogen) atoms. The highest BCUT2D eigenvalue weighted by molar-refractivity contribution is 7.90. The highest BCUT2D eigenvalue weighted by Crippen LogP contribution is 2.49. The van der Waals surface area contributed by atoms with Gasteiger partial charge in [0.05, 0.1) is 22.5 Å². The van der Waals surface area contributed by atoms with E-state index in [4.69, 9.17) is 9.47 Å². The number of nitrogens with zero attached hydrogens (tertiary/aromatic N) is 4. The van der Waals surface area contributed by atoms with Crippen molar-refractivity contribution < 1.29 is 27.6 Å². The van der Waals surface area contributed by atoms with E-state index in [2.05, 4.69) is 81.8 Å². The van der Waals surface area contributed by atoms with E-state index in [9.17, 15) is 23.3 Å². The number of benzene rings is 3. The second kappa shape index (κ2) is 18.2. The van der Waals surface area contributed by atoms with Crippen LogP contribution in [0.5, 0.6) is 17.4 Å². The van der Waals surface area contributed by atoms with E-state index in [-0.39, 0.29) is 45.1 Å². The number of nitro groups is 1. The van der Waals surface area contributed by atoms with E-state index in [0.29, 0.717) is 36.0 Å². The maximum Gasteiger partial charge on any atom is 0.293 e. The third-order valence-corrected chi connectivity index (χ3v) is 16.4. The summed E-state index contributed by atoms with van der Waals surface area (Å²) in [5, 5.41) is 16.2. The molecule has 15 heteroatoms. The molecule has 0 unspecified atom stereocenters. The molecule has 3 aromatic carbocycles. The Morgan fingerprint density at radius 3 is 2.44 bits per heavy atom. The number of fused-ring (bicyclic) bond motifs is 1. The molecule has 9 rings (SSSR count). The lowest BCUT2D eigenvalue weighted by molar-refractivity contribution is -0.384. The fraction of sp³-hybridized carbons (Fsp3) is 0.490. The first-order chi connectivity index (χ1) is 31.6. The lowest BCUT2D eigenvalue weighted by Gasteiger charge is -2.57. The summed E-state index contributed by atoms with van der Waals surface area (Å²) in [5.74, 6) is 0.997. The number of aromatic nitrogens is 2. The van der Waals surface area contributed by atoms with Crippen LogP contribution >= 0.6 is 0 Å².